The summed E-state index contributed by atoms with van der Waals surface area (Å²) in [5.74, 6) is -1.50. The van der Waals surface area contributed by atoms with Gasteiger partial charge in [-0.25, -0.2) is 13.8 Å². The molecule has 1 fully saturated rings. The SMILES string of the molecule is Cc1ccc(OC2CCN(C(=O)c3ccc(F)cc3F)C2)nc1. The fourth-order valence-corrected chi connectivity index (χ4v) is 2.54. The fourth-order valence-electron chi connectivity index (χ4n) is 2.54. The molecule has 0 N–H and O–H groups in total. The monoisotopic (exact) mass is 318 g/mol. The Morgan fingerprint density at radius 2 is 2.13 bits per heavy atom. The highest BCUT2D eigenvalue weighted by molar-refractivity contribution is 5.94. The highest BCUT2D eigenvalue weighted by atomic mass is 19.1. The lowest BCUT2D eigenvalue weighted by Crippen LogP contribution is -2.31. The molecule has 0 spiro atoms. The van der Waals surface area contributed by atoms with Gasteiger partial charge in [0.1, 0.15) is 17.7 Å². The highest BCUT2D eigenvalue weighted by Crippen LogP contribution is 2.20. The van der Waals surface area contributed by atoms with Crippen molar-refractivity contribution >= 4 is 5.91 Å². The number of ether oxygens (including phenoxy) is 1. The molecule has 0 aliphatic carbocycles. The molecule has 6 heteroatoms. The molecule has 1 aliphatic heterocycles. The minimum Gasteiger partial charge on any atom is -0.472 e. The topological polar surface area (TPSA) is 42.4 Å². The average molecular weight is 318 g/mol. The molecule has 0 saturated carbocycles. The lowest BCUT2D eigenvalue weighted by molar-refractivity contribution is 0.0766. The van der Waals surface area contributed by atoms with Crippen LogP contribution in [0.5, 0.6) is 5.88 Å². The van der Waals surface area contributed by atoms with Crippen LogP contribution in [0.25, 0.3) is 0 Å². The van der Waals surface area contributed by atoms with E-state index < -0.39 is 17.5 Å². The number of rotatable bonds is 3. The molecule has 1 aliphatic rings. The van der Waals surface area contributed by atoms with Crippen molar-refractivity contribution in [2.75, 3.05) is 13.1 Å². The van der Waals surface area contributed by atoms with Crippen LogP contribution in [0, 0.1) is 18.6 Å². The Morgan fingerprint density at radius 3 is 2.83 bits per heavy atom. The van der Waals surface area contributed by atoms with E-state index >= 15 is 0 Å². The van der Waals surface area contributed by atoms with E-state index in [4.69, 9.17) is 4.74 Å². The molecule has 3 rings (SSSR count). The van der Waals surface area contributed by atoms with Crippen LogP contribution in [0.3, 0.4) is 0 Å². The van der Waals surface area contributed by atoms with E-state index in [1.165, 1.54) is 11.0 Å². The Bertz CT molecular complexity index is 719. The molecule has 2 heterocycles. The second-order valence-electron chi connectivity index (χ2n) is 5.58. The zero-order valence-corrected chi connectivity index (χ0v) is 12.6. The Hall–Kier alpha value is -2.50. The molecule has 4 nitrogen and oxygen atoms in total. The first-order valence-corrected chi connectivity index (χ1v) is 7.36. The zero-order chi connectivity index (χ0) is 16.4. The maximum absolute atomic E-state index is 13.7. The molecule has 1 saturated heterocycles. The van der Waals surface area contributed by atoms with Crippen molar-refractivity contribution in [3.63, 3.8) is 0 Å². The number of likely N-dealkylation sites (tertiary alicyclic amines) is 1. The van der Waals surface area contributed by atoms with Gasteiger partial charge in [-0.2, -0.15) is 0 Å². The van der Waals surface area contributed by atoms with Crippen molar-refractivity contribution in [1.82, 2.24) is 9.88 Å². The largest absolute Gasteiger partial charge is 0.472 e. The second-order valence-corrected chi connectivity index (χ2v) is 5.58. The third-order valence-corrected chi connectivity index (χ3v) is 3.77. The summed E-state index contributed by atoms with van der Waals surface area (Å²) in [5, 5.41) is 0. The van der Waals surface area contributed by atoms with E-state index in [-0.39, 0.29) is 11.7 Å². The van der Waals surface area contributed by atoms with Crippen LogP contribution < -0.4 is 4.74 Å². The third kappa shape index (κ3) is 3.47. The minimum absolute atomic E-state index is 0.125. The van der Waals surface area contributed by atoms with Crippen molar-refractivity contribution in [2.24, 2.45) is 0 Å². The van der Waals surface area contributed by atoms with Gasteiger partial charge in [-0.3, -0.25) is 4.79 Å². The summed E-state index contributed by atoms with van der Waals surface area (Å²) in [6.07, 6.45) is 2.17. The fraction of sp³-hybridized carbons (Fsp3) is 0.294. The number of nitrogens with zero attached hydrogens (tertiary/aromatic N) is 2. The number of carbonyl (C=O) groups is 1. The van der Waals surface area contributed by atoms with E-state index in [1.807, 2.05) is 13.0 Å². The summed E-state index contributed by atoms with van der Waals surface area (Å²) in [6.45, 7) is 2.75. The van der Waals surface area contributed by atoms with Crippen molar-refractivity contribution < 1.29 is 18.3 Å². The number of hydrogen-bond donors (Lipinski definition) is 0. The Balaban J connectivity index is 1.65. The van der Waals surface area contributed by atoms with Gasteiger partial charge in [-0.05, 0) is 24.6 Å². The van der Waals surface area contributed by atoms with Gasteiger partial charge >= 0.3 is 0 Å². The normalized spacial score (nSPS) is 17.3. The maximum atomic E-state index is 13.7. The first-order valence-electron chi connectivity index (χ1n) is 7.36. The Kier molecular flexibility index (Phi) is 4.23. The van der Waals surface area contributed by atoms with E-state index in [0.717, 1.165) is 11.6 Å². The van der Waals surface area contributed by atoms with Crippen LogP contribution in [-0.2, 0) is 0 Å². The number of benzene rings is 1. The predicted octanol–water partition coefficient (Wildman–Crippen LogP) is 2.96. The first kappa shape index (κ1) is 15.4. The van der Waals surface area contributed by atoms with E-state index in [9.17, 15) is 13.6 Å². The first-order chi connectivity index (χ1) is 11.0. The number of aromatic nitrogens is 1. The average Bonchev–Trinajstić information content (AvgIpc) is 2.97. The lowest BCUT2D eigenvalue weighted by atomic mass is 10.2. The number of amides is 1. The number of halogens is 2. The molecule has 0 radical (unpaired) electrons. The molecule has 120 valence electrons. The van der Waals surface area contributed by atoms with Crippen molar-refractivity contribution in [3.05, 3.63) is 59.3 Å². The van der Waals surface area contributed by atoms with Crippen LogP contribution in [0.15, 0.2) is 36.5 Å². The van der Waals surface area contributed by atoms with Gasteiger partial charge in [-0.15, -0.1) is 0 Å². The number of hydrogen-bond acceptors (Lipinski definition) is 3. The highest BCUT2D eigenvalue weighted by Gasteiger charge is 2.29. The van der Waals surface area contributed by atoms with E-state index in [0.29, 0.717) is 31.5 Å². The molecule has 2 aromatic rings. The van der Waals surface area contributed by atoms with Gasteiger partial charge in [0.2, 0.25) is 5.88 Å². The number of pyridine rings is 1. The summed E-state index contributed by atoms with van der Waals surface area (Å²) in [5.41, 5.74) is 0.910. The Labute approximate surface area is 132 Å². The van der Waals surface area contributed by atoms with Gasteiger partial charge in [-0.1, -0.05) is 6.07 Å². The minimum atomic E-state index is -0.848. The molecular formula is C17H16F2N2O2. The van der Waals surface area contributed by atoms with Gasteiger partial charge in [0.05, 0.1) is 12.1 Å². The van der Waals surface area contributed by atoms with Crippen molar-refractivity contribution in [1.29, 1.82) is 0 Å². The maximum Gasteiger partial charge on any atom is 0.256 e. The van der Waals surface area contributed by atoms with Gasteiger partial charge in [0.15, 0.2) is 0 Å². The van der Waals surface area contributed by atoms with Crippen molar-refractivity contribution in [3.8, 4) is 5.88 Å². The number of carbonyl (C=O) groups excluding carboxylic acids is 1. The molecule has 0 bridgehead atoms. The summed E-state index contributed by atoms with van der Waals surface area (Å²) in [7, 11) is 0. The predicted molar refractivity (Wildman–Crippen MR) is 80.3 cm³/mol. The molecule has 23 heavy (non-hydrogen) atoms. The molecule has 1 aromatic heterocycles. The van der Waals surface area contributed by atoms with E-state index in [2.05, 4.69) is 4.98 Å². The van der Waals surface area contributed by atoms with Crippen LogP contribution >= 0.6 is 0 Å². The number of aryl methyl sites for hydroxylation is 1. The van der Waals surface area contributed by atoms with Gasteiger partial charge in [0.25, 0.3) is 5.91 Å². The van der Waals surface area contributed by atoms with Crippen molar-refractivity contribution in [2.45, 2.75) is 19.4 Å². The van der Waals surface area contributed by atoms with Gasteiger partial charge in [0, 0.05) is 31.3 Å². The molecular weight excluding hydrogens is 302 g/mol. The van der Waals surface area contributed by atoms with Gasteiger partial charge < -0.3 is 9.64 Å². The molecule has 1 amide bonds. The second kappa shape index (κ2) is 6.32. The van der Waals surface area contributed by atoms with E-state index in [1.54, 1.807) is 12.3 Å². The molecule has 1 aromatic carbocycles. The van der Waals surface area contributed by atoms with Crippen LogP contribution in [-0.4, -0.2) is 35.0 Å². The standard InChI is InChI=1S/C17H16F2N2O2/c1-11-2-5-16(20-9-11)23-13-6-7-21(10-13)17(22)14-4-3-12(18)8-15(14)19/h2-5,8-9,13H,6-7,10H2,1H3. The summed E-state index contributed by atoms with van der Waals surface area (Å²) < 4.78 is 32.4. The molecule has 1 atom stereocenters. The summed E-state index contributed by atoms with van der Waals surface area (Å²) >= 11 is 0. The summed E-state index contributed by atoms with van der Waals surface area (Å²) in [4.78, 5) is 18.0. The van der Waals surface area contributed by atoms with Crippen LogP contribution in [0.2, 0.25) is 0 Å². The van der Waals surface area contributed by atoms with Crippen LogP contribution in [0.1, 0.15) is 22.3 Å². The van der Waals surface area contributed by atoms with Crippen LogP contribution in [0.4, 0.5) is 8.78 Å². The Morgan fingerprint density at radius 1 is 1.30 bits per heavy atom. The smallest absolute Gasteiger partial charge is 0.256 e. The third-order valence-electron chi connectivity index (χ3n) is 3.77. The quantitative estimate of drug-likeness (QED) is 0.874. The summed E-state index contributed by atoms with van der Waals surface area (Å²) in [6, 6.07) is 6.64. The zero-order valence-electron chi connectivity index (χ0n) is 12.6. The lowest BCUT2D eigenvalue weighted by Gasteiger charge is -2.17. The molecule has 1 unspecified atom stereocenters.